The fourth-order valence-corrected chi connectivity index (χ4v) is 2.51. The number of furan rings is 1. The van der Waals surface area contributed by atoms with E-state index in [4.69, 9.17) is 4.42 Å². The minimum atomic E-state index is -4.47. The second kappa shape index (κ2) is 8.44. The van der Waals surface area contributed by atoms with E-state index in [0.717, 1.165) is 17.7 Å². The first kappa shape index (κ1) is 19.9. The van der Waals surface area contributed by atoms with E-state index in [1.807, 2.05) is 0 Å². The van der Waals surface area contributed by atoms with Gasteiger partial charge in [-0.05, 0) is 35.9 Å². The lowest BCUT2D eigenvalue weighted by molar-refractivity contribution is -0.137. The Bertz CT molecular complexity index is 1080. The van der Waals surface area contributed by atoms with Crippen molar-refractivity contribution in [3.05, 3.63) is 83.4 Å². The number of amides is 1. The van der Waals surface area contributed by atoms with Gasteiger partial charge in [0, 0.05) is 30.6 Å². The highest BCUT2D eigenvalue weighted by atomic mass is 19.4. The average Bonchev–Trinajstić information content (AvgIpc) is 3.19. The highest BCUT2D eigenvalue weighted by Gasteiger charge is 2.30. The summed E-state index contributed by atoms with van der Waals surface area (Å²) in [5, 5.41) is 11.8. The van der Waals surface area contributed by atoms with Crippen LogP contribution >= 0.6 is 0 Å². The zero-order valence-corrected chi connectivity index (χ0v) is 14.9. The van der Waals surface area contributed by atoms with Crippen LogP contribution in [-0.2, 0) is 17.5 Å². The van der Waals surface area contributed by atoms with Crippen LogP contribution in [-0.4, -0.2) is 10.9 Å². The molecule has 3 aromatic rings. The Morgan fingerprint density at radius 1 is 1.21 bits per heavy atom. The summed E-state index contributed by atoms with van der Waals surface area (Å²) in [5.74, 6) is -0.241. The number of aromatic nitrogens is 1. The number of alkyl halides is 3. The van der Waals surface area contributed by atoms with Gasteiger partial charge in [-0.1, -0.05) is 18.2 Å². The van der Waals surface area contributed by atoms with E-state index in [2.05, 4.69) is 10.3 Å². The van der Waals surface area contributed by atoms with Crippen LogP contribution in [0.4, 0.5) is 13.2 Å². The van der Waals surface area contributed by atoms with Crippen LogP contribution in [0.1, 0.15) is 16.9 Å². The van der Waals surface area contributed by atoms with Gasteiger partial charge < -0.3 is 9.73 Å². The second-order valence-corrected chi connectivity index (χ2v) is 5.99. The Morgan fingerprint density at radius 3 is 2.72 bits per heavy atom. The molecule has 0 aliphatic rings. The summed E-state index contributed by atoms with van der Waals surface area (Å²) in [5.41, 5.74) is 0.0109. The topological polar surface area (TPSA) is 78.9 Å². The summed E-state index contributed by atoms with van der Waals surface area (Å²) >= 11 is 0. The lowest BCUT2D eigenvalue weighted by Gasteiger charge is -2.07. The molecule has 29 heavy (non-hydrogen) atoms. The van der Waals surface area contributed by atoms with E-state index in [9.17, 15) is 23.2 Å². The standard InChI is InChI=1S/C21H14F3N3O2/c22-21(23,24)17-5-1-4-15(9-17)19-7-6-18(29-19)10-16(11-25)20(28)27-13-14-3-2-8-26-12-14/h1-10,12H,13H2,(H,27,28)/b16-10+. The van der Waals surface area contributed by atoms with Gasteiger partial charge >= 0.3 is 6.18 Å². The Morgan fingerprint density at radius 2 is 2.03 bits per heavy atom. The number of nitriles is 1. The first-order valence-corrected chi connectivity index (χ1v) is 8.43. The van der Waals surface area contributed by atoms with E-state index >= 15 is 0 Å². The molecular formula is C21H14F3N3O2. The van der Waals surface area contributed by atoms with Gasteiger partial charge in [0.05, 0.1) is 5.56 Å². The van der Waals surface area contributed by atoms with Gasteiger partial charge in [-0.25, -0.2) is 0 Å². The molecule has 146 valence electrons. The molecule has 0 spiro atoms. The van der Waals surface area contributed by atoms with Crippen molar-refractivity contribution in [2.45, 2.75) is 12.7 Å². The van der Waals surface area contributed by atoms with Crippen molar-refractivity contribution in [1.82, 2.24) is 10.3 Å². The van der Waals surface area contributed by atoms with Crippen LogP contribution < -0.4 is 5.32 Å². The summed E-state index contributed by atoms with van der Waals surface area (Å²) in [6.45, 7) is 0.194. The molecule has 2 aromatic heterocycles. The SMILES string of the molecule is N#C/C(=C\c1ccc(-c2cccc(C(F)(F)F)c2)o1)C(=O)NCc1cccnc1. The monoisotopic (exact) mass is 397 g/mol. The minimum absolute atomic E-state index is 0.172. The molecule has 0 aliphatic carbocycles. The van der Waals surface area contributed by atoms with Crippen molar-refractivity contribution in [3.63, 3.8) is 0 Å². The van der Waals surface area contributed by atoms with Crippen molar-refractivity contribution in [1.29, 1.82) is 5.26 Å². The number of nitrogens with one attached hydrogen (secondary N) is 1. The lowest BCUT2D eigenvalue weighted by Crippen LogP contribution is -2.23. The normalized spacial score (nSPS) is 11.7. The summed E-state index contributed by atoms with van der Waals surface area (Å²) in [6, 6.07) is 12.9. The Kier molecular flexibility index (Phi) is 5.79. The van der Waals surface area contributed by atoms with Gasteiger partial charge in [-0.2, -0.15) is 18.4 Å². The average molecular weight is 397 g/mol. The van der Waals surface area contributed by atoms with Crippen molar-refractivity contribution < 1.29 is 22.4 Å². The fourth-order valence-electron chi connectivity index (χ4n) is 2.51. The van der Waals surface area contributed by atoms with Gasteiger partial charge in [0.2, 0.25) is 0 Å². The number of hydrogen-bond donors (Lipinski definition) is 1. The Labute approximate surface area is 164 Å². The highest BCUT2D eigenvalue weighted by Crippen LogP contribution is 2.32. The molecule has 2 heterocycles. The van der Waals surface area contributed by atoms with Gasteiger partial charge in [0.25, 0.3) is 5.91 Å². The molecule has 0 unspecified atom stereocenters. The van der Waals surface area contributed by atoms with Crippen molar-refractivity contribution in [3.8, 4) is 17.4 Å². The smallest absolute Gasteiger partial charge is 0.416 e. The lowest BCUT2D eigenvalue weighted by atomic mass is 10.1. The van der Waals surface area contributed by atoms with E-state index in [1.54, 1.807) is 30.6 Å². The van der Waals surface area contributed by atoms with Crippen LogP contribution in [0.15, 0.2) is 70.9 Å². The number of pyridine rings is 1. The predicted octanol–water partition coefficient (Wildman–Crippen LogP) is 4.58. The van der Waals surface area contributed by atoms with E-state index in [1.165, 1.54) is 30.3 Å². The van der Waals surface area contributed by atoms with Gasteiger partial charge in [-0.15, -0.1) is 0 Å². The van der Waals surface area contributed by atoms with E-state index < -0.39 is 17.6 Å². The largest absolute Gasteiger partial charge is 0.457 e. The van der Waals surface area contributed by atoms with Gasteiger partial charge in [-0.3, -0.25) is 9.78 Å². The number of benzene rings is 1. The van der Waals surface area contributed by atoms with Crippen LogP contribution in [0.3, 0.4) is 0 Å². The molecule has 1 amide bonds. The molecule has 3 rings (SSSR count). The maximum atomic E-state index is 12.9. The fraction of sp³-hybridized carbons (Fsp3) is 0.0952. The number of rotatable bonds is 5. The first-order valence-electron chi connectivity index (χ1n) is 8.43. The molecule has 0 bridgehead atoms. The van der Waals surface area contributed by atoms with Gasteiger partial charge in [0.15, 0.2) is 0 Å². The van der Waals surface area contributed by atoms with Crippen molar-refractivity contribution in [2.24, 2.45) is 0 Å². The predicted molar refractivity (Wildman–Crippen MR) is 98.8 cm³/mol. The summed E-state index contributed by atoms with van der Waals surface area (Å²) in [6.07, 6.45) is -0.0455. The quantitative estimate of drug-likeness (QED) is 0.505. The highest BCUT2D eigenvalue weighted by molar-refractivity contribution is 6.01. The molecule has 1 aromatic carbocycles. The molecule has 0 atom stereocenters. The molecule has 0 aliphatic heterocycles. The Hall–Kier alpha value is -3.86. The van der Waals surface area contributed by atoms with Crippen LogP contribution in [0, 0.1) is 11.3 Å². The summed E-state index contributed by atoms with van der Waals surface area (Å²) in [4.78, 5) is 16.1. The maximum absolute atomic E-state index is 12.9. The molecule has 0 fully saturated rings. The summed E-state index contributed by atoms with van der Waals surface area (Å²) < 4.78 is 44.1. The molecule has 5 nitrogen and oxygen atoms in total. The van der Waals surface area contributed by atoms with E-state index in [0.29, 0.717) is 0 Å². The van der Waals surface area contributed by atoms with Crippen LogP contribution in [0.2, 0.25) is 0 Å². The number of nitrogens with zero attached hydrogens (tertiary/aromatic N) is 2. The first-order chi connectivity index (χ1) is 13.9. The third-order valence-corrected chi connectivity index (χ3v) is 3.93. The molecule has 1 N–H and O–H groups in total. The molecular weight excluding hydrogens is 383 g/mol. The Balaban J connectivity index is 1.76. The molecule has 0 radical (unpaired) electrons. The number of carbonyl (C=O) groups excluding carboxylic acids is 1. The molecule has 0 saturated carbocycles. The van der Waals surface area contributed by atoms with Crippen LogP contribution in [0.5, 0.6) is 0 Å². The maximum Gasteiger partial charge on any atom is 0.416 e. The zero-order valence-electron chi connectivity index (χ0n) is 14.9. The minimum Gasteiger partial charge on any atom is -0.457 e. The molecule has 0 saturated heterocycles. The second-order valence-electron chi connectivity index (χ2n) is 5.99. The van der Waals surface area contributed by atoms with E-state index in [-0.39, 0.29) is 29.2 Å². The number of halogens is 3. The number of carbonyl (C=O) groups is 1. The zero-order chi connectivity index (χ0) is 20.9. The molecule has 8 heteroatoms. The van der Waals surface area contributed by atoms with Gasteiger partial charge in [0.1, 0.15) is 23.2 Å². The third-order valence-electron chi connectivity index (χ3n) is 3.93. The van der Waals surface area contributed by atoms with Crippen molar-refractivity contribution >= 4 is 12.0 Å². The summed E-state index contributed by atoms with van der Waals surface area (Å²) in [7, 11) is 0. The van der Waals surface area contributed by atoms with Crippen molar-refractivity contribution in [2.75, 3.05) is 0 Å². The third kappa shape index (κ3) is 5.11. The number of hydrogen-bond acceptors (Lipinski definition) is 4. The van der Waals surface area contributed by atoms with Crippen LogP contribution in [0.25, 0.3) is 17.4 Å².